The molecule has 0 saturated heterocycles. The summed E-state index contributed by atoms with van der Waals surface area (Å²) >= 11 is 0. The Morgan fingerprint density at radius 1 is 1.11 bits per heavy atom. The van der Waals surface area contributed by atoms with Gasteiger partial charge < -0.3 is 10.6 Å². The van der Waals surface area contributed by atoms with Crippen LogP contribution in [0.3, 0.4) is 0 Å². The molecule has 2 aromatic carbocycles. The highest BCUT2D eigenvalue weighted by Gasteiger charge is 2.03. The number of aromatic amines is 1. The molecule has 0 fully saturated rings. The molecule has 1 heterocycles. The first-order chi connectivity index (χ1) is 12.7. The first kappa shape index (κ1) is 20.8. The van der Waals surface area contributed by atoms with Crippen molar-refractivity contribution in [2.45, 2.75) is 20.0 Å². The minimum Gasteiger partial charge on any atom is -0.357 e. The van der Waals surface area contributed by atoms with Gasteiger partial charge in [-0.15, -0.1) is 24.0 Å². The van der Waals surface area contributed by atoms with E-state index in [1.165, 1.54) is 18.5 Å². The Balaban J connectivity index is 0.00000261. The van der Waals surface area contributed by atoms with E-state index >= 15 is 0 Å². The second kappa shape index (κ2) is 10.6. The third-order valence-electron chi connectivity index (χ3n) is 3.73. The van der Waals surface area contributed by atoms with Crippen LogP contribution < -0.4 is 10.6 Å². The lowest BCUT2D eigenvalue weighted by Gasteiger charge is -2.12. The van der Waals surface area contributed by atoms with Crippen LogP contribution in [-0.4, -0.2) is 27.7 Å². The van der Waals surface area contributed by atoms with Gasteiger partial charge in [-0.05, 0) is 36.2 Å². The van der Waals surface area contributed by atoms with Gasteiger partial charge in [0.05, 0.1) is 6.54 Å². The fourth-order valence-electron chi connectivity index (χ4n) is 2.51. The number of hydrogen-bond acceptors (Lipinski definition) is 3. The lowest BCUT2D eigenvalue weighted by Crippen LogP contribution is -2.36. The van der Waals surface area contributed by atoms with E-state index in [4.69, 9.17) is 0 Å². The maximum Gasteiger partial charge on any atom is 0.191 e. The van der Waals surface area contributed by atoms with Crippen LogP contribution in [0.5, 0.6) is 0 Å². The molecule has 3 N–H and O–H groups in total. The zero-order valence-corrected chi connectivity index (χ0v) is 17.3. The zero-order chi connectivity index (χ0) is 18.2. The van der Waals surface area contributed by atoms with Crippen molar-refractivity contribution in [3.63, 3.8) is 0 Å². The number of aromatic nitrogens is 3. The fourth-order valence-corrected chi connectivity index (χ4v) is 2.51. The molecule has 0 aliphatic rings. The van der Waals surface area contributed by atoms with Crippen LogP contribution in [0.15, 0.2) is 59.9 Å². The normalized spacial score (nSPS) is 11.0. The average Bonchev–Trinajstić information content (AvgIpc) is 3.19. The van der Waals surface area contributed by atoms with E-state index in [2.05, 4.69) is 30.8 Å². The van der Waals surface area contributed by atoms with Gasteiger partial charge >= 0.3 is 0 Å². The van der Waals surface area contributed by atoms with Crippen molar-refractivity contribution < 1.29 is 4.39 Å². The fraction of sp³-hybridized carbons (Fsp3) is 0.211. The average molecular weight is 480 g/mol. The Morgan fingerprint density at radius 3 is 2.67 bits per heavy atom. The highest BCUT2D eigenvalue weighted by Crippen LogP contribution is 2.15. The Hall–Kier alpha value is -2.49. The number of nitrogens with one attached hydrogen (secondary N) is 3. The van der Waals surface area contributed by atoms with Crippen LogP contribution in [-0.2, 0) is 13.1 Å². The van der Waals surface area contributed by atoms with Crippen molar-refractivity contribution in [2.24, 2.45) is 4.99 Å². The van der Waals surface area contributed by atoms with Crippen LogP contribution in [0.4, 0.5) is 4.39 Å². The van der Waals surface area contributed by atoms with Crippen molar-refractivity contribution >= 4 is 29.9 Å². The molecule has 0 amide bonds. The predicted molar refractivity (Wildman–Crippen MR) is 115 cm³/mol. The minimum absolute atomic E-state index is 0. The number of nitrogens with zero attached hydrogens (tertiary/aromatic N) is 3. The Morgan fingerprint density at radius 2 is 1.93 bits per heavy atom. The molecule has 6 nitrogen and oxygen atoms in total. The van der Waals surface area contributed by atoms with E-state index in [0.29, 0.717) is 19.0 Å². The van der Waals surface area contributed by atoms with Gasteiger partial charge in [0, 0.05) is 18.7 Å². The van der Waals surface area contributed by atoms with Crippen molar-refractivity contribution in [3.05, 3.63) is 71.8 Å². The topological polar surface area (TPSA) is 78.0 Å². The van der Waals surface area contributed by atoms with Gasteiger partial charge in [-0.2, -0.15) is 5.10 Å². The summed E-state index contributed by atoms with van der Waals surface area (Å²) in [5, 5.41) is 13.2. The molecule has 3 rings (SSSR count). The van der Waals surface area contributed by atoms with E-state index in [0.717, 1.165) is 29.1 Å². The summed E-state index contributed by atoms with van der Waals surface area (Å²) in [6.45, 7) is 3.76. The molecular weight excluding hydrogens is 458 g/mol. The van der Waals surface area contributed by atoms with E-state index < -0.39 is 0 Å². The minimum atomic E-state index is -0.250. The van der Waals surface area contributed by atoms with Crippen LogP contribution in [0.25, 0.3) is 11.4 Å². The number of halogens is 2. The van der Waals surface area contributed by atoms with Gasteiger partial charge in [-0.25, -0.2) is 14.4 Å². The summed E-state index contributed by atoms with van der Waals surface area (Å²) < 4.78 is 13.3. The Labute approximate surface area is 174 Å². The molecule has 8 heteroatoms. The van der Waals surface area contributed by atoms with Crippen molar-refractivity contribution in [1.82, 2.24) is 25.8 Å². The smallest absolute Gasteiger partial charge is 0.191 e. The number of aliphatic imine (C=N–C) groups is 1. The summed E-state index contributed by atoms with van der Waals surface area (Å²) in [5.41, 5.74) is 2.90. The first-order valence-corrected chi connectivity index (χ1v) is 8.46. The molecule has 0 atom stereocenters. The van der Waals surface area contributed by atoms with Crippen molar-refractivity contribution in [1.29, 1.82) is 0 Å². The van der Waals surface area contributed by atoms with E-state index in [-0.39, 0.29) is 29.8 Å². The Bertz CT molecular complexity index is 866. The highest BCUT2D eigenvalue weighted by atomic mass is 127. The number of hydrogen-bond donors (Lipinski definition) is 3. The zero-order valence-electron chi connectivity index (χ0n) is 14.9. The second-order valence-electron chi connectivity index (χ2n) is 5.71. The monoisotopic (exact) mass is 480 g/mol. The molecule has 0 spiro atoms. The summed E-state index contributed by atoms with van der Waals surface area (Å²) in [7, 11) is 0. The van der Waals surface area contributed by atoms with E-state index in [1.807, 2.05) is 37.3 Å². The largest absolute Gasteiger partial charge is 0.357 e. The van der Waals surface area contributed by atoms with E-state index in [9.17, 15) is 4.39 Å². The first-order valence-electron chi connectivity index (χ1n) is 8.46. The van der Waals surface area contributed by atoms with Gasteiger partial charge in [0.15, 0.2) is 11.8 Å². The van der Waals surface area contributed by atoms with Crippen LogP contribution in [0.2, 0.25) is 0 Å². The summed E-state index contributed by atoms with van der Waals surface area (Å²) in [6, 6.07) is 14.5. The van der Waals surface area contributed by atoms with E-state index in [1.54, 1.807) is 6.07 Å². The number of rotatable bonds is 6. The van der Waals surface area contributed by atoms with Crippen LogP contribution in [0.1, 0.15) is 18.1 Å². The third-order valence-corrected chi connectivity index (χ3v) is 3.73. The summed E-state index contributed by atoms with van der Waals surface area (Å²) in [5.74, 6) is 1.17. The molecule has 0 radical (unpaired) electrons. The van der Waals surface area contributed by atoms with Crippen LogP contribution >= 0.6 is 24.0 Å². The SMILES string of the molecule is CCNC(=NCc1cccc(F)c1)NCc1cccc(-c2ncn[nH]2)c1.I. The molecule has 27 heavy (non-hydrogen) atoms. The quantitative estimate of drug-likeness (QED) is 0.287. The maximum atomic E-state index is 13.3. The molecular formula is C19H22FIN6. The summed E-state index contributed by atoms with van der Waals surface area (Å²) in [6.07, 6.45) is 1.49. The lowest BCUT2D eigenvalue weighted by atomic mass is 10.1. The van der Waals surface area contributed by atoms with Crippen LogP contribution in [0, 0.1) is 5.82 Å². The van der Waals surface area contributed by atoms with Gasteiger partial charge in [0.2, 0.25) is 0 Å². The maximum absolute atomic E-state index is 13.3. The molecule has 0 bridgehead atoms. The number of H-pyrrole nitrogens is 1. The molecule has 3 aromatic rings. The molecule has 0 aliphatic carbocycles. The molecule has 1 aromatic heterocycles. The third kappa shape index (κ3) is 6.31. The molecule has 0 aliphatic heterocycles. The van der Waals surface area contributed by atoms with Crippen molar-refractivity contribution in [3.8, 4) is 11.4 Å². The summed E-state index contributed by atoms with van der Waals surface area (Å²) in [4.78, 5) is 8.68. The second-order valence-corrected chi connectivity index (χ2v) is 5.71. The van der Waals surface area contributed by atoms with Gasteiger partial charge in [0.1, 0.15) is 12.1 Å². The molecule has 0 saturated carbocycles. The van der Waals surface area contributed by atoms with Gasteiger partial charge in [0.25, 0.3) is 0 Å². The van der Waals surface area contributed by atoms with Gasteiger partial charge in [-0.1, -0.05) is 30.3 Å². The predicted octanol–water partition coefficient (Wildman–Crippen LogP) is 3.48. The molecule has 0 unspecified atom stereocenters. The Kier molecular flexibility index (Phi) is 8.18. The highest BCUT2D eigenvalue weighted by molar-refractivity contribution is 14.0. The number of guanidine groups is 1. The lowest BCUT2D eigenvalue weighted by molar-refractivity contribution is 0.625. The van der Waals surface area contributed by atoms with Crippen molar-refractivity contribution in [2.75, 3.05) is 6.54 Å². The standard InChI is InChI=1S/C19H21FN6.HI/c1-2-21-19(23-12-15-6-4-8-17(20)10-15)22-11-14-5-3-7-16(9-14)18-24-13-25-26-18;/h3-10,13H,2,11-12H2,1H3,(H2,21,22,23)(H,24,25,26);1H. The van der Waals surface area contributed by atoms with Gasteiger partial charge in [-0.3, -0.25) is 5.10 Å². The number of benzene rings is 2. The molecule has 142 valence electrons.